The maximum atomic E-state index is 11.6. The molecule has 2 aromatic rings. The second kappa shape index (κ2) is 7.55. The summed E-state index contributed by atoms with van der Waals surface area (Å²) in [6.45, 7) is 9.00. The number of carbonyl (C=O) groups excluding carboxylic acids is 1. The quantitative estimate of drug-likeness (QED) is 0.794. The van der Waals surface area contributed by atoms with Crippen LogP contribution in [0.25, 0.3) is 10.6 Å². The predicted octanol–water partition coefficient (Wildman–Crippen LogP) is 4.85. The summed E-state index contributed by atoms with van der Waals surface area (Å²) in [6.07, 6.45) is 1.36. The Balaban J connectivity index is 2.00. The molecule has 1 aromatic carbocycles. The van der Waals surface area contributed by atoms with E-state index < -0.39 is 6.09 Å². The van der Waals surface area contributed by atoms with Crippen LogP contribution >= 0.6 is 11.3 Å². The number of carbonyl (C=O) groups is 1. The van der Waals surface area contributed by atoms with E-state index in [2.05, 4.69) is 48.4 Å². The minimum atomic E-state index is -0.482. The molecule has 1 N–H and O–H groups in total. The van der Waals surface area contributed by atoms with Crippen LogP contribution in [0.4, 0.5) is 9.93 Å². The van der Waals surface area contributed by atoms with E-state index in [0.29, 0.717) is 11.7 Å². The molecule has 1 heterocycles. The molecule has 124 valence electrons. The van der Waals surface area contributed by atoms with Crippen LogP contribution in [-0.4, -0.2) is 22.9 Å². The molecule has 0 saturated carbocycles. The van der Waals surface area contributed by atoms with Gasteiger partial charge in [-0.25, -0.2) is 4.79 Å². The first kappa shape index (κ1) is 17.4. The van der Waals surface area contributed by atoms with Gasteiger partial charge in [0.15, 0.2) is 0 Å². The van der Waals surface area contributed by atoms with E-state index in [1.54, 1.807) is 0 Å². The number of benzene rings is 1. The number of nitrogens with one attached hydrogen (secondary N) is 1. The third-order valence-electron chi connectivity index (χ3n) is 3.36. The van der Waals surface area contributed by atoms with Gasteiger partial charge >= 0.3 is 6.09 Å². The van der Waals surface area contributed by atoms with Crippen molar-refractivity contribution in [2.45, 2.75) is 46.0 Å². The Labute approximate surface area is 141 Å². The minimum Gasteiger partial charge on any atom is -0.449 e. The van der Waals surface area contributed by atoms with E-state index in [0.717, 1.165) is 23.4 Å². The molecule has 1 aromatic heterocycles. The highest BCUT2D eigenvalue weighted by atomic mass is 32.1. The lowest BCUT2D eigenvalue weighted by Crippen LogP contribution is -2.14. The molecule has 0 unspecified atom stereocenters. The highest BCUT2D eigenvalue weighted by Crippen LogP contribution is 2.29. The number of anilines is 1. The summed E-state index contributed by atoms with van der Waals surface area (Å²) in [6, 6.07) is 8.26. The largest absolute Gasteiger partial charge is 0.449 e. The SMILES string of the molecule is CCCCOC(=O)Nc1nnc(-c2ccc(C(C)(C)C)cc2)s1. The Morgan fingerprint density at radius 3 is 2.52 bits per heavy atom. The molecule has 0 radical (unpaired) electrons. The third kappa shape index (κ3) is 5.03. The normalized spacial score (nSPS) is 11.3. The zero-order valence-corrected chi connectivity index (χ0v) is 14.9. The van der Waals surface area contributed by atoms with Gasteiger partial charge in [0.1, 0.15) is 5.01 Å². The summed E-state index contributed by atoms with van der Waals surface area (Å²) in [7, 11) is 0. The Morgan fingerprint density at radius 2 is 1.91 bits per heavy atom. The predicted molar refractivity (Wildman–Crippen MR) is 93.9 cm³/mol. The van der Waals surface area contributed by atoms with Crippen LogP contribution in [-0.2, 0) is 10.2 Å². The average molecular weight is 333 g/mol. The number of unbranched alkanes of at least 4 members (excludes halogenated alkanes) is 1. The first-order valence-corrected chi connectivity index (χ1v) is 8.60. The monoisotopic (exact) mass is 333 g/mol. The van der Waals surface area contributed by atoms with Crippen molar-refractivity contribution in [2.75, 3.05) is 11.9 Å². The molecule has 2 rings (SSSR count). The van der Waals surface area contributed by atoms with E-state index in [-0.39, 0.29) is 5.41 Å². The Kier molecular flexibility index (Phi) is 5.71. The standard InChI is InChI=1S/C17H23N3O2S/c1-5-6-11-22-16(21)18-15-20-19-14(23-15)12-7-9-13(10-8-12)17(2,3)4/h7-10H,5-6,11H2,1-4H3,(H,18,20,21). The molecule has 0 aliphatic carbocycles. The Hall–Kier alpha value is -1.95. The summed E-state index contributed by atoms with van der Waals surface area (Å²) in [5.74, 6) is 0. The van der Waals surface area contributed by atoms with E-state index >= 15 is 0 Å². The molecule has 0 saturated heterocycles. The highest BCUT2D eigenvalue weighted by molar-refractivity contribution is 7.18. The van der Waals surface area contributed by atoms with Gasteiger partial charge < -0.3 is 4.74 Å². The van der Waals surface area contributed by atoms with E-state index in [1.807, 2.05) is 19.1 Å². The summed E-state index contributed by atoms with van der Waals surface area (Å²) in [5, 5.41) is 11.9. The molecule has 0 aliphatic rings. The fourth-order valence-corrected chi connectivity index (χ4v) is 2.67. The smallest absolute Gasteiger partial charge is 0.413 e. The van der Waals surface area contributed by atoms with Gasteiger partial charge in [-0.05, 0) is 17.4 Å². The lowest BCUT2D eigenvalue weighted by molar-refractivity contribution is 0.160. The van der Waals surface area contributed by atoms with Crippen LogP contribution in [0.1, 0.15) is 46.1 Å². The molecule has 1 amide bonds. The summed E-state index contributed by atoms with van der Waals surface area (Å²) < 4.78 is 5.04. The molecule has 0 bridgehead atoms. The van der Waals surface area contributed by atoms with Gasteiger partial charge in [0.2, 0.25) is 5.13 Å². The molecular formula is C17H23N3O2S. The van der Waals surface area contributed by atoms with Crippen molar-refractivity contribution >= 4 is 22.6 Å². The molecule has 0 aliphatic heterocycles. The second-order valence-corrected chi connectivity index (χ2v) is 7.33. The number of aromatic nitrogens is 2. The molecular weight excluding hydrogens is 310 g/mol. The van der Waals surface area contributed by atoms with Crippen molar-refractivity contribution in [3.8, 4) is 10.6 Å². The molecule has 6 heteroatoms. The Morgan fingerprint density at radius 1 is 1.22 bits per heavy atom. The fraction of sp³-hybridized carbons (Fsp3) is 0.471. The zero-order valence-electron chi connectivity index (χ0n) is 14.0. The molecule has 5 nitrogen and oxygen atoms in total. The minimum absolute atomic E-state index is 0.120. The van der Waals surface area contributed by atoms with Gasteiger partial charge in [0.05, 0.1) is 6.61 Å². The van der Waals surface area contributed by atoms with Crippen molar-refractivity contribution in [3.05, 3.63) is 29.8 Å². The van der Waals surface area contributed by atoms with Crippen molar-refractivity contribution in [3.63, 3.8) is 0 Å². The Bertz CT molecular complexity index is 645. The van der Waals surface area contributed by atoms with Gasteiger partial charge in [-0.1, -0.05) is 69.7 Å². The van der Waals surface area contributed by atoms with Crippen LogP contribution in [0, 0.1) is 0 Å². The number of hydrogen-bond donors (Lipinski definition) is 1. The maximum absolute atomic E-state index is 11.6. The van der Waals surface area contributed by atoms with Crippen molar-refractivity contribution in [2.24, 2.45) is 0 Å². The molecule has 0 fully saturated rings. The van der Waals surface area contributed by atoms with Crippen LogP contribution < -0.4 is 5.32 Å². The second-order valence-electron chi connectivity index (χ2n) is 6.35. The lowest BCUT2D eigenvalue weighted by Gasteiger charge is -2.18. The van der Waals surface area contributed by atoms with Gasteiger partial charge in [-0.2, -0.15) is 0 Å². The molecule has 0 spiro atoms. The number of ether oxygens (including phenoxy) is 1. The summed E-state index contributed by atoms with van der Waals surface area (Å²) in [5.41, 5.74) is 2.38. The van der Waals surface area contributed by atoms with E-state index in [4.69, 9.17) is 4.74 Å². The van der Waals surface area contributed by atoms with Crippen LogP contribution in [0.2, 0.25) is 0 Å². The fourth-order valence-electron chi connectivity index (χ4n) is 1.94. The van der Waals surface area contributed by atoms with Crippen LogP contribution in [0.15, 0.2) is 24.3 Å². The van der Waals surface area contributed by atoms with Gasteiger partial charge in [0, 0.05) is 5.56 Å². The van der Waals surface area contributed by atoms with Crippen LogP contribution in [0.3, 0.4) is 0 Å². The first-order valence-electron chi connectivity index (χ1n) is 7.78. The number of nitrogens with zero attached hydrogens (tertiary/aromatic N) is 2. The molecule has 23 heavy (non-hydrogen) atoms. The van der Waals surface area contributed by atoms with Gasteiger partial charge in [-0.15, -0.1) is 10.2 Å². The average Bonchev–Trinajstić information content (AvgIpc) is 2.95. The number of hydrogen-bond acceptors (Lipinski definition) is 5. The van der Waals surface area contributed by atoms with E-state index in [9.17, 15) is 4.79 Å². The number of rotatable bonds is 5. The van der Waals surface area contributed by atoms with Crippen LogP contribution in [0.5, 0.6) is 0 Å². The lowest BCUT2D eigenvalue weighted by atomic mass is 9.87. The summed E-state index contributed by atoms with van der Waals surface area (Å²) in [4.78, 5) is 11.6. The first-order chi connectivity index (χ1) is 10.9. The number of amides is 1. The third-order valence-corrected chi connectivity index (χ3v) is 4.25. The topological polar surface area (TPSA) is 64.1 Å². The molecule has 0 atom stereocenters. The zero-order chi connectivity index (χ0) is 16.9. The maximum Gasteiger partial charge on any atom is 0.413 e. The van der Waals surface area contributed by atoms with Crippen molar-refractivity contribution in [1.82, 2.24) is 10.2 Å². The summed E-state index contributed by atoms with van der Waals surface area (Å²) >= 11 is 1.33. The van der Waals surface area contributed by atoms with E-state index in [1.165, 1.54) is 16.9 Å². The van der Waals surface area contributed by atoms with Gasteiger partial charge in [0.25, 0.3) is 0 Å². The van der Waals surface area contributed by atoms with Crippen molar-refractivity contribution < 1.29 is 9.53 Å². The van der Waals surface area contributed by atoms with Gasteiger partial charge in [-0.3, -0.25) is 5.32 Å². The van der Waals surface area contributed by atoms with Crippen molar-refractivity contribution in [1.29, 1.82) is 0 Å². The highest BCUT2D eigenvalue weighted by Gasteiger charge is 2.14.